The van der Waals surface area contributed by atoms with E-state index in [1.807, 2.05) is 30.3 Å². The van der Waals surface area contributed by atoms with Crippen LogP contribution in [0.4, 0.5) is 0 Å². The van der Waals surface area contributed by atoms with Crippen molar-refractivity contribution in [2.45, 2.75) is 19.9 Å². The first-order chi connectivity index (χ1) is 12.8. The van der Waals surface area contributed by atoms with E-state index in [0.29, 0.717) is 28.2 Å². The summed E-state index contributed by atoms with van der Waals surface area (Å²) in [6.07, 6.45) is 1.60. The Morgan fingerprint density at radius 1 is 1.15 bits per heavy atom. The first-order valence-corrected chi connectivity index (χ1v) is 10.1. The minimum absolute atomic E-state index is 0.287. The number of benzene rings is 2. The van der Waals surface area contributed by atoms with Crippen LogP contribution in [0.3, 0.4) is 0 Å². The zero-order valence-corrected chi connectivity index (χ0v) is 16.3. The summed E-state index contributed by atoms with van der Waals surface area (Å²) in [4.78, 5) is 23.4. The molecule has 0 aliphatic heterocycles. The van der Waals surface area contributed by atoms with Crippen molar-refractivity contribution >= 4 is 22.7 Å². The Morgan fingerprint density at radius 3 is 2.26 bits per heavy atom. The maximum absolute atomic E-state index is 12.7. The molecular formula is C20H23NO5S. The van der Waals surface area contributed by atoms with Gasteiger partial charge in [-0.2, -0.15) is 0 Å². The van der Waals surface area contributed by atoms with E-state index >= 15 is 0 Å². The molecule has 144 valence electrons. The standard InChI is InChI=1S/C20H23NO5S/c1-13-9-16(10-14(2)19(13)26-11-18(22)23)20(24)21-17(12-27(3)25)15-7-5-4-6-8-15/h4-10,17H,11-12H2,1-3H3,(H,21,24)(H,22,23). The molecule has 2 aromatic rings. The Hall–Kier alpha value is -2.67. The van der Waals surface area contributed by atoms with Gasteiger partial charge in [0.1, 0.15) is 5.75 Å². The number of hydrogen-bond acceptors (Lipinski definition) is 4. The molecule has 0 aliphatic carbocycles. The zero-order chi connectivity index (χ0) is 20.0. The molecule has 0 fully saturated rings. The Balaban J connectivity index is 2.22. The van der Waals surface area contributed by atoms with Crippen LogP contribution in [-0.2, 0) is 15.6 Å². The van der Waals surface area contributed by atoms with Crippen LogP contribution in [0.25, 0.3) is 0 Å². The Kier molecular flexibility index (Phi) is 7.12. The number of hydrogen-bond donors (Lipinski definition) is 2. The van der Waals surface area contributed by atoms with Crippen LogP contribution in [-0.4, -0.2) is 39.8 Å². The van der Waals surface area contributed by atoms with Gasteiger partial charge in [-0.25, -0.2) is 4.79 Å². The van der Waals surface area contributed by atoms with E-state index in [0.717, 1.165) is 5.56 Å². The number of aryl methyl sites for hydroxylation is 2. The predicted molar refractivity (Wildman–Crippen MR) is 105 cm³/mol. The van der Waals surface area contributed by atoms with Gasteiger partial charge in [0.15, 0.2) is 6.61 Å². The van der Waals surface area contributed by atoms with Crippen molar-refractivity contribution in [3.63, 3.8) is 0 Å². The number of carbonyl (C=O) groups is 2. The number of nitrogens with one attached hydrogen (secondary N) is 1. The fourth-order valence-corrected chi connectivity index (χ4v) is 3.57. The summed E-state index contributed by atoms with van der Waals surface area (Å²) >= 11 is 0. The SMILES string of the molecule is Cc1cc(C(=O)NC(CS(C)=O)c2ccccc2)cc(C)c1OCC(=O)O. The minimum atomic E-state index is -1.08. The first-order valence-electron chi connectivity index (χ1n) is 8.39. The van der Waals surface area contributed by atoms with E-state index in [1.165, 1.54) is 0 Å². The van der Waals surface area contributed by atoms with Crippen LogP contribution in [0.15, 0.2) is 42.5 Å². The molecular weight excluding hydrogens is 366 g/mol. The summed E-state index contributed by atoms with van der Waals surface area (Å²) in [5.41, 5.74) is 2.68. The average Bonchev–Trinajstić information content (AvgIpc) is 2.60. The van der Waals surface area contributed by atoms with Crippen LogP contribution in [0.5, 0.6) is 5.75 Å². The Morgan fingerprint density at radius 2 is 1.74 bits per heavy atom. The zero-order valence-electron chi connectivity index (χ0n) is 15.5. The predicted octanol–water partition coefficient (Wildman–Crippen LogP) is 2.62. The maximum atomic E-state index is 12.7. The number of rotatable bonds is 8. The summed E-state index contributed by atoms with van der Waals surface area (Å²) in [5.74, 6) is -0.574. The molecule has 2 aromatic carbocycles. The van der Waals surface area contributed by atoms with E-state index in [2.05, 4.69) is 5.32 Å². The van der Waals surface area contributed by atoms with Crippen molar-refractivity contribution in [3.8, 4) is 5.75 Å². The molecule has 0 bridgehead atoms. The Bertz CT molecular complexity index is 828. The molecule has 0 spiro atoms. The van der Waals surface area contributed by atoms with E-state index in [4.69, 9.17) is 9.84 Å². The molecule has 27 heavy (non-hydrogen) atoms. The van der Waals surface area contributed by atoms with Gasteiger partial charge in [0.05, 0.1) is 6.04 Å². The van der Waals surface area contributed by atoms with Gasteiger partial charge < -0.3 is 15.2 Å². The van der Waals surface area contributed by atoms with Crippen LogP contribution in [0.2, 0.25) is 0 Å². The van der Waals surface area contributed by atoms with Gasteiger partial charge in [-0.05, 0) is 42.7 Å². The van der Waals surface area contributed by atoms with Crippen LogP contribution >= 0.6 is 0 Å². The number of carboxylic acid groups (broad SMARTS) is 1. The van der Waals surface area contributed by atoms with Crippen molar-refractivity contribution < 1.29 is 23.6 Å². The van der Waals surface area contributed by atoms with E-state index in [-0.39, 0.29) is 11.9 Å². The third-order valence-electron chi connectivity index (χ3n) is 3.97. The van der Waals surface area contributed by atoms with Crippen molar-refractivity contribution in [2.24, 2.45) is 0 Å². The van der Waals surface area contributed by atoms with Crippen molar-refractivity contribution in [1.82, 2.24) is 5.32 Å². The lowest BCUT2D eigenvalue weighted by Gasteiger charge is -2.19. The van der Waals surface area contributed by atoms with Crippen LogP contribution in [0.1, 0.15) is 33.1 Å². The lowest BCUT2D eigenvalue weighted by atomic mass is 10.0. The molecule has 6 nitrogen and oxygen atoms in total. The smallest absolute Gasteiger partial charge is 0.341 e. The van der Waals surface area contributed by atoms with Gasteiger partial charge in [0.25, 0.3) is 5.91 Å². The van der Waals surface area contributed by atoms with Crippen molar-refractivity contribution in [2.75, 3.05) is 18.6 Å². The van der Waals surface area contributed by atoms with Gasteiger partial charge in [0.2, 0.25) is 0 Å². The van der Waals surface area contributed by atoms with E-state index < -0.39 is 23.4 Å². The van der Waals surface area contributed by atoms with Crippen molar-refractivity contribution in [1.29, 1.82) is 0 Å². The molecule has 0 radical (unpaired) electrons. The highest BCUT2D eigenvalue weighted by Crippen LogP contribution is 2.25. The quantitative estimate of drug-likeness (QED) is 0.724. The average molecular weight is 389 g/mol. The molecule has 2 unspecified atom stereocenters. The highest BCUT2D eigenvalue weighted by molar-refractivity contribution is 7.84. The summed E-state index contributed by atoms with van der Waals surface area (Å²) in [5, 5.41) is 11.7. The highest BCUT2D eigenvalue weighted by atomic mass is 32.2. The van der Waals surface area contributed by atoms with Crippen LogP contribution in [0, 0.1) is 13.8 Å². The highest BCUT2D eigenvalue weighted by Gasteiger charge is 2.19. The first kappa shape index (κ1) is 20.6. The lowest BCUT2D eigenvalue weighted by molar-refractivity contribution is -0.139. The summed E-state index contributed by atoms with van der Waals surface area (Å²) in [7, 11) is -1.08. The second kappa shape index (κ2) is 9.32. The number of carbonyl (C=O) groups excluding carboxylic acids is 1. The van der Waals surface area contributed by atoms with Gasteiger partial charge in [-0.15, -0.1) is 0 Å². The van der Waals surface area contributed by atoms with Gasteiger partial charge >= 0.3 is 5.97 Å². The second-order valence-electron chi connectivity index (χ2n) is 6.30. The second-order valence-corrected chi connectivity index (χ2v) is 7.78. The van der Waals surface area contributed by atoms with E-state index in [1.54, 1.807) is 32.2 Å². The van der Waals surface area contributed by atoms with E-state index in [9.17, 15) is 13.8 Å². The third kappa shape index (κ3) is 5.92. The number of ether oxygens (including phenoxy) is 1. The molecule has 0 saturated carbocycles. The monoisotopic (exact) mass is 389 g/mol. The Labute approximate surface area is 161 Å². The fraction of sp³-hybridized carbons (Fsp3) is 0.300. The van der Waals surface area contributed by atoms with Gasteiger partial charge in [-0.3, -0.25) is 9.00 Å². The normalized spacial score (nSPS) is 12.9. The van der Waals surface area contributed by atoms with Gasteiger partial charge in [-0.1, -0.05) is 30.3 Å². The maximum Gasteiger partial charge on any atom is 0.341 e. The fourth-order valence-electron chi connectivity index (χ4n) is 2.83. The summed E-state index contributed by atoms with van der Waals surface area (Å²) in [6, 6.07) is 12.3. The third-order valence-corrected chi connectivity index (χ3v) is 4.77. The summed E-state index contributed by atoms with van der Waals surface area (Å²) < 4.78 is 17.0. The molecule has 7 heteroatoms. The summed E-state index contributed by atoms with van der Waals surface area (Å²) in [6.45, 7) is 3.08. The molecule has 2 N–H and O–H groups in total. The van der Waals surface area contributed by atoms with Crippen LogP contribution < -0.4 is 10.1 Å². The molecule has 0 heterocycles. The largest absolute Gasteiger partial charge is 0.481 e. The molecule has 2 atom stereocenters. The topological polar surface area (TPSA) is 92.7 Å². The molecule has 0 aromatic heterocycles. The minimum Gasteiger partial charge on any atom is -0.481 e. The van der Waals surface area contributed by atoms with Gasteiger partial charge in [0, 0.05) is 28.4 Å². The lowest BCUT2D eigenvalue weighted by Crippen LogP contribution is -2.32. The molecule has 0 saturated heterocycles. The molecule has 0 aliphatic rings. The molecule has 1 amide bonds. The molecule has 2 rings (SSSR count). The van der Waals surface area contributed by atoms with Crippen molar-refractivity contribution in [3.05, 3.63) is 64.7 Å². The number of carboxylic acids is 1. The number of aliphatic carboxylic acids is 1. The number of amides is 1.